The van der Waals surface area contributed by atoms with Crippen LogP contribution in [-0.4, -0.2) is 138 Å². The molecule has 4 saturated heterocycles. The van der Waals surface area contributed by atoms with E-state index < -0.39 is 102 Å². The van der Waals surface area contributed by atoms with Crippen LogP contribution >= 0.6 is 0 Å². The molecule has 2 bridgehead atoms. The summed E-state index contributed by atoms with van der Waals surface area (Å²) >= 11 is 0. The fraction of sp³-hybridized carbons (Fsp3) is 0.929. The fourth-order valence-electron chi connectivity index (χ4n) is 14.3. The van der Waals surface area contributed by atoms with Crippen LogP contribution in [0.2, 0.25) is 0 Å². The van der Waals surface area contributed by atoms with Gasteiger partial charge < -0.3 is 64.5 Å². The normalized spacial score (nSPS) is 57.8. The number of hydrogen-bond donors (Lipinski definition) is 8. The maximum absolute atomic E-state index is 13.7. The van der Waals surface area contributed by atoms with Crippen molar-refractivity contribution in [2.24, 2.45) is 38.9 Å². The van der Waals surface area contributed by atoms with Crippen LogP contribution in [0.15, 0.2) is 11.1 Å². The second-order valence-electron chi connectivity index (χ2n) is 20.7. The number of carbonyl (C=O) groups is 1. The summed E-state index contributed by atoms with van der Waals surface area (Å²) in [6.07, 6.45) is -9.36. The van der Waals surface area contributed by atoms with E-state index in [1.807, 2.05) is 6.92 Å². The second kappa shape index (κ2) is 13.1. The Labute approximate surface area is 329 Å². The minimum absolute atomic E-state index is 0.0741. The molecule has 14 nitrogen and oxygen atoms in total. The Bertz CT molecular complexity index is 1620. The van der Waals surface area contributed by atoms with E-state index >= 15 is 0 Å². The number of rotatable bonds is 5. The van der Waals surface area contributed by atoms with Crippen LogP contribution in [0.3, 0.4) is 0 Å². The summed E-state index contributed by atoms with van der Waals surface area (Å²) < 4.78 is 30.5. The molecule has 0 aromatic heterocycles. The third-order valence-electron chi connectivity index (χ3n) is 17.9. The lowest BCUT2D eigenvalue weighted by Gasteiger charge is -2.73. The predicted octanol–water partition coefficient (Wildman–Crippen LogP) is 1.59. The number of aliphatic hydroxyl groups excluding tert-OH is 7. The van der Waals surface area contributed by atoms with Gasteiger partial charge in [0.1, 0.15) is 53.9 Å². The number of fused-ring (bicyclic) bond motifs is 7. The first-order valence-corrected chi connectivity index (χ1v) is 21.0. The summed E-state index contributed by atoms with van der Waals surface area (Å²) in [5.74, 6) is -0.266. The van der Waals surface area contributed by atoms with Gasteiger partial charge in [0.05, 0.1) is 30.3 Å². The zero-order valence-corrected chi connectivity index (χ0v) is 34.2. The molecule has 14 heteroatoms. The van der Waals surface area contributed by atoms with Gasteiger partial charge in [-0.25, -0.2) is 0 Å². The first-order chi connectivity index (χ1) is 25.9. The summed E-state index contributed by atoms with van der Waals surface area (Å²) in [5.41, 5.74) is -2.94. The second-order valence-corrected chi connectivity index (χ2v) is 20.7. The number of ether oxygens (including phenoxy) is 5. The van der Waals surface area contributed by atoms with Crippen molar-refractivity contribution in [1.29, 1.82) is 0 Å². The molecular weight excluding hydrogens is 728 g/mol. The van der Waals surface area contributed by atoms with Crippen LogP contribution in [-0.2, 0) is 28.5 Å². The Kier molecular flexibility index (Phi) is 9.71. The summed E-state index contributed by atoms with van der Waals surface area (Å²) in [4.78, 5) is 13.7. The molecule has 1 spiro atoms. The molecule has 9 rings (SSSR count). The van der Waals surface area contributed by atoms with Gasteiger partial charge >= 0.3 is 5.97 Å². The summed E-state index contributed by atoms with van der Waals surface area (Å²) in [6.45, 7) is 15.8. The largest absolute Gasteiger partial charge is 0.455 e. The van der Waals surface area contributed by atoms with Crippen LogP contribution in [0.4, 0.5) is 0 Å². The molecule has 0 amide bonds. The molecule has 0 aromatic carbocycles. The molecule has 20 unspecified atom stereocenters. The Morgan fingerprint density at radius 1 is 0.750 bits per heavy atom. The molecule has 318 valence electrons. The number of esters is 1. The van der Waals surface area contributed by atoms with E-state index in [9.17, 15) is 45.6 Å². The van der Waals surface area contributed by atoms with Gasteiger partial charge in [-0.3, -0.25) is 4.79 Å². The lowest BCUT2D eigenvalue weighted by molar-refractivity contribution is -0.376. The highest BCUT2D eigenvalue weighted by Gasteiger charge is 2.75. The summed E-state index contributed by atoms with van der Waals surface area (Å²) in [6, 6.07) is 0. The van der Waals surface area contributed by atoms with Gasteiger partial charge in [0.25, 0.3) is 0 Å². The van der Waals surface area contributed by atoms with Gasteiger partial charge in [-0.05, 0) is 118 Å². The van der Waals surface area contributed by atoms with Crippen LogP contribution in [0.1, 0.15) is 113 Å². The summed E-state index contributed by atoms with van der Waals surface area (Å²) in [5, 5.41) is 88.5. The monoisotopic (exact) mass is 794 g/mol. The van der Waals surface area contributed by atoms with Crippen molar-refractivity contribution in [2.75, 3.05) is 6.61 Å². The molecule has 5 aliphatic carbocycles. The average molecular weight is 795 g/mol. The highest BCUT2D eigenvalue weighted by molar-refractivity contribution is 5.86. The standard InChI is InChI=1S/C42H66O14/c1-19-25(45)27(47)29(49)33(52-19)55-30-28(48)26(46)22(18-43)53-34(30)54-24-10-11-37(4)23(36(24,2)3)9-12-39(6)32(37)21(44)17-20-31-41(8,51)40(7)14-16-42(31,35(50)56-40)15-13-38(20,39)5/h19,21-30,32-34,43-49,51H,9-18H2,1-8H3. The molecule has 0 aromatic rings. The van der Waals surface area contributed by atoms with Crippen LogP contribution in [0.5, 0.6) is 0 Å². The van der Waals surface area contributed by atoms with Crippen molar-refractivity contribution >= 4 is 5.97 Å². The Balaban J connectivity index is 1.09. The van der Waals surface area contributed by atoms with Crippen LogP contribution in [0.25, 0.3) is 0 Å². The minimum Gasteiger partial charge on any atom is -0.455 e. The van der Waals surface area contributed by atoms with Crippen molar-refractivity contribution in [3.05, 3.63) is 11.1 Å². The van der Waals surface area contributed by atoms with Crippen LogP contribution in [0, 0.1) is 38.9 Å². The first kappa shape index (κ1) is 41.5. The molecule has 20 atom stereocenters. The van der Waals surface area contributed by atoms with E-state index in [-0.39, 0.29) is 34.1 Å². The molecule has 56 heavy (non-hydrogen) atoms. The molecule has 4 saturated carbocycles. The number of aliphatic hydroxyl groups is 8. The molecule has 8 N–H and O–H groups in total. The van der Waals surface area contributed by atoms with Gasteiger partial charge in [-0.1, -0.05) is 40.2 Å². The minimum atomic E-state index is -1.67. The van der Waals surface area contributed by atoms with E-state index in [0.29, 0.717) is 38.5 Å². The van der Waals surface area contributed by atoms with Crippen molar-refractivity contribution in [3.63, 3.8) is 0 Å². The Morgan fingerprint density at radius 2 is 1.43 bits per heavy atom. The molecule has 0 radical (unpaired) electrons. The predicted molar refractivity (Wildman–Crippen MR) is 197 cm³/mol. The quantitative estimate of drug-likeness (QED) is 0.113. The van der Waals surface area contributed by atoms with E-state index in [1.165, 1.54) is 6.92 Å². The zero-order valence-electron chi connectivity index (χ0n) is 34.2. The molecule has 4 heterocycles. The highest BCUT2D eigenvalue weighted by atomic mass is 16.8. The third kappa shape index (κ3) is 5.26. The van der Waals surface area contributed by atoms with Crippen LogP contribution < -0.4 is 0 Å². The SMILES string of the molecule is CC1OC(OC2C(OC3CCC4(C)C(CCC5(C)C4C(O)CC4=C6C7(CCC(C)(OC7=O)C6(C)O)CCC45C)C3(C)C)OC(CO)C(O)C2O)C(O)C(O)C1O. The highest BCUT2D eigenvalue weighted by Crippen LogP contribution is 2.77. The van der Waals surface area contributed by atoms with Gasteiger partial charge in [0.15, 0.2) is 12.6 Å². The third-order valence-corrected chi connectivity index (χ3v) is 17.9. The zero-order chi connectivity index (χ0) is 40.9. The maximum Gasteiger partial charge on any atom is 0.316 e. The summed E-state index contributed by atoms with van der Waals surface area (Å²) in [7, 11) is 0. The van der Waals surface area contributed by atoms with E-state index in [4.69, 9.17) is 23.7 Å². The van der Waals surface area contributed by atoms with Crippen molar-refractivity contribution < 1.29 is 69.3 Å². The van der Waals surface area contributed by atoms with E-state index in [1.54, 1.807) is 6.92 Å². The molecule has 9 aliphatic rings. The lowest BCUT2D eigenvalue weighted by Crippen LogP contribution is -2.72. The van der Waals surface area contributed by atoms with Gasteiger partial charge in [-0.2, -0.15) is 0 Å². The Hall–Kier alpha value is -1.27. The fourth-order valence-corrected chi connectivity index (χ4v) is 14.3. The lowest BCUT2D eigenvalue weighted by atomic mass is 9.33. The number of hydrogen-bond acceptors (Lipinski definition) is 14. The van der Waals surface area contributed by atoms with Crippen molar-refractivity contribution in [1.82, 2.24) is 0 Å². The topological polar surface area (TPSA) is 225 Å². The van der Waals surface area contributed by atoms with Gasteiger partial charge in [-0.15, -0.1) is 0 Å². The smallest absolute Gasteiger partial charge is 0.316 e. The maximum atomic E-state index is 13.7. The van der Waals surface area contributed by atoms with Crippen molar-refractivity contribution in [2.45, 2.75) is 198 Å². The van der Waals surface area contributed by atoms with E-state index in [0.717, 1.165) is 30.4 Å². The van der Waals surface area contributed by atoms with E-state index in [2.05, 4.69) is 34.6 Å². The number of carbonyl (C=O) groups excluding carboxylic acids is 1. The van der Waals surface area contributed by atoms with Gasteiger partial charge in [0.2, 0.25) is 0 Å². The average Bonchev–Trinajstić information content (AvgIpc) is 3.12. The first-order valence-electron chi connectivity index (χ1n) is 21.0. The van der Waals surface area contributed by atoms with Crippen molar-refractivity contribution in [3.8, 4) is 0 Å². The Morgan fingerprint density at radius 3 is 2.09 bits per heavy atom. The molecule has 8 fully saturated rings. The molecule has 4 aliphatic heterocycles. The molecular formula is C42H66O14. The van der Waals surface area contributed by atoms with Gasteiger partial charge in [0, 0.05) is 0 Å².